The zero-order valence-corrected chi connectivity index (χ0v) is 10.4. The van der Waals surface area contributed by atoms with Gasteiger partial charge in [-0.1, -0.05) is 6.07 Å². The number of hydrogen-bond acceptors (Lipinski definition) is 3. The van der Waals surface area contributed by atoms with Crippen molar-refractivity contribution in [3.63, 3.8) is 0 Å². The van der Waals surface area contributed by atoms with Crippen molar-refractivity contribution in [2.45, 2.75) is 13.3 Å². The summed E-state index contributed by atoms with van der Waals surface area (Å²) in [6.07, 6.45) is 0.733. The molecule has 3 nitrogen and oxygen atoms in total. The monoisotopic (exact) mass is 242 g/mol. The van der Waals surface area contributed by atoms with E-state index in [1.807, 2.05) is 6.92 Å². The van der Waals surface area contributed by atoms with Crippen LogP contribution in [0.25, 0.3) is 0 Å². The molecule has 17 heavy (non-hydrogen) atoms. The fourth-order valence-corrected chi connectivity index (χ4v) is 1.31. The van der Waals surface area contributed by atoms with Crippen molar-refractivity contribution in [2.24, 2.45) is 0 Å². The number of aryl methyl sites for hydroxylation is 1. The molecule has 0 aliphatic rings. The molecule has 0 aliphatic carbocycles. The van der Waals surface area contributed by atoms with Crippen LogP contribution in [-0.4, -0.2) is 33.5 Å². The Morgan fingerprint density at radius 3 is 2.71 bits per heavy atom. The smallest absolute Gasteiger partial charge is 0.165 e. The largest absolute Gasteiger partial charge is 0.490 e. The molecule has 0 amide bonds. The third-order valence-electron chi connectivity index (χ3n) is 2.21. The Kier molecular flexibility index (Phi) is 6.58. The molecule has 0 atom stereocenters. The summed E-state index contributed by atoms with van der Waals surface area (Å²) in [4.78, 5) is 0. The molecule has 1 aromatic carbocycles. The predicted molar refractivity (Wildman–Crippen MR) is 63.9 cm³/mol. The lowest BCUT2D eigenvalue weighted by Gasteiger charge is -2.08. The highest BCUT2D eigenvalue weighted by molar-refractivity contribution is 5.29. The van der Waals surface area contributed by atoms with Gasteiger partial charge in [0, 0.05) is 20.1 Å². The first kappa shape index (κ1) is 13.9. The fraction of sp³-hybridized carbons (Fsp3) is 0.538. The minimum atomic E-state index is -0.323. The minimum absolute atomic E-state index is 0.307. The number of methoxy groups -OCH3 is 1. The zero-order chi connectivity index (χ0) is 12.5. The highest BCUT2D eigenvalue weighted by Crippen LogP contribution is 2.18. The molecule has 1 aromatic rings. The van der Waals surface area contributed by atoms with Gasteiger partial charge in [-0.05, 0) is 24.6 Å². The average molecular weight is 242 g/mol. The summed E-state index contributed by atoms with van der Waals surface area (Å²) >= 11 is 0. The number of hydrogen-bond donors (Lipinski definition) is 0. The van der Waals surface area contributed by atoms with Gasteiger partial charge in [-0.25, -0.2) is 4.39 Å². The minimum Gasteiger partial charge on any atom is -0.490 e. The third-order valence-corrected chi connectivity index (χ3v) is 2.21. The molecule has 0 fully saturated rings. The van der Waals surface area contributed by atoms with E-state index >= 15 is 0 Å². The second-order valence-electron chi connectivity index (χ2n) is 3.74. The second-order valence-corrected chi connectivity index (χ2v) is 3.74. The Morgan fingerprint density at radius 1 is 1.12 bits per heavy atom. The van der Waals surface area contributed by atoms with E-state index in [0.717, 1.165) is 12.0 Å². The summed E-state index contributed by atoms with van der Waals surface area (Å²) in [5.41, 5.74) is 0.984. The lowest BCUT2D eigenvalue weighted by atomic mass is 10.2. The normalized spacial score (nSPS) is 10.5. The van der Waals surface area contributed by atoms with E-state index in [4.69, 9.17) is 14.2 Å². The van der Waals surface area contributed by atoms with E-state index < -0.39 is 0 Å². The standard InChI is InChI=1S/C13H19FO3/c1-11-4-5-12(14)13(10-11)17-7-3-6-16-9-8-15-2/h4-5,10H,3,6-9H2,1-2H3. The summed E-state index contributed by atoms with van der Waals surface area (Å²) in [6, 6.07) is 4.83. The first-order chi connectivity index (χ1) is 8.24. The summed E-state index contributed by atoms with van der Waals surface area (Å²) in [5.74, 6) is -0.0159. The van der Waals surface area contributed by atoms with Gasteiger partial charge in [0.05, 0.1) is 19.8 Å². The van der Waals surface area contributed by atoms with E-state index in [1.165, 1.54) is 6.07 Å². The zero-order valence-electron chi connectivity index (χ0n) is 10.4. The van der Waals surface area contributed by atoms with Crippen LogP contribution < -0.4 is 4.74 Å². The van der Waals surface area contributed by atoms with Crippen LogP contribution in [0, 0.1) is 12.7 Å². The maximum absolute atomic E-state index is 13.3. The number of rotatable bonds is 8. The molecule has 0 aliphatic heterocycles. The lowest BCUT2D eigenvalue weighted by Crippen LogP contribution is -2.07. The molecular formula is C13H19FO3. The third kappa shape index (κ3) is 5.65. The molecule has 4 heteroatoms. The lowest BCUT2D eigenvalue weighted by molar-refractivity contribution is 0.0642. The molecule has 0 aromatic heterocycles. The van der Waals surface area contributed by atoms with E-state index in [1.54, 1.807) is 19.2 Å². The van der Waals surface area contributed by atoms with E-state index in [9.17, 15) is 4.39 Å². The molecule has 0 spiro atoms. The van der Waals surface area contributed by atoms with E-state index in [2.05, 4.69) is 0 Å². The SMILES string of the molecule is COCCOCCCOc1cc(C)ccc1F. The molecular weight excluding hydrogens is 223 g/mol. The molecule has 0 saturated heterocycles. The maximum Gasteiger partial charge on any atom is 0.165 e. The van der Waals surface area contributed by atoms with Gasteiger partial charge in [-0.2, -0.15) is 0 Å². The van der Waals surface area contributed by atoms with Gasteiger partial charge in [-0.15, -0.1) is 0 Å². The highest BCUT2D eigenvalue weighted by Gasteiger charge is 2.02. The molecule has 0 N–H and O–H groups in total. The van der Waals surface area contributed by atoms with Crippen LogP contribution in [0.3, 0.4) is 0 Å². The predicted octanol–water partition coefficient (Wildman–Crippen LogP) is 2.57. The van der Waals surface area contributed by atoms with Crippen molar-refractivity contribution in [3.8, 4) is 5.75 Å². The van der Waals surface area contributed by atoms with Crippen LogP contribution in [0.2, 0.25) is 0 Å². The Labute approximate surface area is 101 Å². The van der Waals surface area contributed by atoms with Gasteiger partial charge >= 0.3 is 0 Å². The quantitative estimate of drug-likeness (QED) is 0.656. The van der Waals surface area contributed by atoms with Crippen LogP contribution in [0.5, 0.6) is 5.75 Å². The van der Waals surface area contributed by atoms with Crippen molar-refractivity contribution >= 4 is 0 Å². The van der Waals surface area contributed by atoms with E-state index in [0.29, 0.717) is 32.2 Å². The number of benzene rings is 1. The Balaban J connectivity index is 2.15. The van der Waals surface area contributed by atoms with Gasteiger partial charge in [-0.3, -0.25) is 0 Å². The number of ether oxygens (including phenoxy) is 3. The van der Waals surface area contributed by atoms with Crippen molar-refractivity contribution < 1.29 is 18.6 Å². The molecule has 0 heterocycles. The highest BCUT2D eigenvalue weighted by atomic mass is 19.1. The Bertz CT molecular complexity index is 328. The average Bonchev–Trinajstić information content (AvgIpc) is 2.32. The van der Waals surface area contributed by atoms with Crippen molar-refractivity contribution in [1.82, 2.24) is 0 Å². The fourth-order valence-electron chi connectivity index (χ4n) is 1.31. The van der Waals surface area contributed by atoms with Crippen LogP contribution >= 0.6 is 0 Å². The summed E-state index contributed by atoms with van der Waals surface area (Å²) < 4.78 is 28.7. The summed E-state index contributed by atoms with van der Waals surface area (Å²) in [6.45, 7) is 4.12. The van der Waals surface area contributed by atoms with Gasteiger partial charge in [0.1, 0.15) is 0 Å². The second kappa shape index (κ2) is 8.03. The Hall–Kier alpha value is -1.13. The Morgan fingerprint density at radius 2 is 1.94 bits per heavy atom. The van der Waals surface area contributed by atoms with Crippen LogP contribution in [0.4, 0.5) is 4.39 Å². The van der Waals surface area contributed by atoms with Gasteiger partial charge < -0.3 is 14.2 Å². The van der Waals surface area contributed by atoms with Gasteiger partial charge in [0.25, 0.3) is 0 Å². The van der Waals surface area contributed by atoms with Crippen LogP contribution in [0.15, 0.2) is 18.2 Å². The first-order valence-corrected chi connectivity index (χ1v) is 5.69. The summed E-state index contributed by atoms with van der Waals surface area (Å²) in [5, 5.41) is 0. The molecule has 0 radical (unpaired) electrons. The molecule has 96 valence electrons. The van der Waals surface area contributed by atoms with Gasteiger partial charge in [0.2, 0.25) is 0 Å². The van der Waals surface area contributed by atoms with Crippen LogP contribution in [-0.2, 0) is 9.47 Å². The molecule has 0 unspecified atom stereocenters. The number of halogens is 1. The van der Waals surface area contributed by atoms with Crippen molar-refractivity contribution in [1.29, 1.82) is 0 Å². The maximum atomic E-state index is 13.3. The molecule has 0 saturated carbocycles. The van der Waals surface area contributed by atoms with Crippen molar-refractivity contribution in [2.75, 3.05) is 33.5 Å². The summed E-state index contributed by atoms with van der Waals surface area (Å²) in [7, 11) is 1.63. The molecule has 0 bridgehead atoms. The van der Waals surface area contributed by atoms with Gasteiger partial charge in [0.15, 0.2) is 11.6 Å². The van der Waals surface area contributed by atoms with Crippen LogP contribution in [0.1, 0.15) is 12.0 Å². The first-order valence-electron chi connectivity index (χ1n) is 5.69. The topological polar surface area (TPSA) is 27.7 Å². The van der Waals surface area contributed by atoms with Crippen molar-refractivity contribution in [3.05, 3.63) is 29.6 Å². The molecule has 1 rings (SSSR count). The van der Waals surface area contributed by atoms with E-state index in [-0.39, 0.29) is 5.82 Å².